The Morgan fingerprint density at radius 3 is 2.65 bits per heavy atom. The van der Waals surface area contributed by atoms with Crippen LogP contribution in [-0.2, 0) is 21.3 Å². The normalized spacial score (nSPS) is 15.8. The average Bonchev–Trinajstić information content (AvgIpc) is 3.06. The molecule has 1 aromatic carbocycles. The first-order valence-electron chi connectivity index (χ1n) is 7.78. The lowest BCUT2D eigenvalue weighted by Crippen LogP contribution is -2.40. The zero-order chi connectivity index (χ0) is 18.7. The van der Waals surface area contributed by atoms with Crippen LogP contribution in [0.2, 0.25) is 5.02 Å². The van der Waals surface area contributed by atoms with Crippen molar-refractivity contribution in [2.24, 2.45) is 0 Å². The van der Waals surface area contributed by atoms with Gasteiger partial charge in [-0.15, -0.1) is 11.3 Å². The third kappa shape index (κ3) is 4.47. The van der Waals surface area contributed by atoms with Crippen molar-refractivity contribution in [3.05, 3.63) is 49.6 Å². The van der Waals surface area contributed by atoms with Crippen LogP contribution in [0.25, 0.3) is 0 Å². The molecule has 1 aromatic heterocycles. The number of benzene rings is 1. The number of sulfonamides is 1. The van der Waals surface area contributed by atoms with Crippen molar-refractivity contribution in [3.63, 3.8) is 0 Å². The smallest absolute Gasteiger partial charge is 0.251 e. The van der Waals surface area contributed by atoms with E-state index in [4.69, 9.17) is 16.3 Å². The second kappa shape index (κ2) is 8.37. The first-order chi connectivity index (χ1) is 12.4. The van der Waals surface area contributed by atoms with Gasteiger partial charge in [0.2, 0.25) is 10.0 Å². The van der Waals surface area contributed by atoms with E-state index in [-0.39, 0.29) is 34.5 Å². The van der Waals surface area contributed by atoms with Gasteiger partial charge in [-0.25, -0.2) is 8.42 Å². The number of carbonyl (C=O) groups excluding carboxylic acids is 1. The predicted molar refractivity (Wildman–Crippen MR) is 104 cm³/mol. The minimum absolute atomic E-state index is 0.0624. The highest BCUT2D eigenvalue weighted by molar-refractivity contribution is 9.11. The highest BCUT2D eigenvalue weighted by Gasteiger charge is 2.29. The third-order valence-corrected chi connectivity index (χ3v) is 7.84. The maximum atomic E-state index is 12.8. The van der Waals surface area contributed by atoms with Gasteiger partial charge in [0, 0.05) is 23.5 Å². The van der Waals surface area contributed by atoms with Gasteiger partial charge in [0.1, 0.15) is 4.90 Å². The van der Waals surface area contributed by atoms with E-state index in [0.717, 1.165) is 8.66 Å². The Morgan fingerprint density at radius 2 is 2.00 bits per heavy atom. The second-order valence-corrected chi connectivity index (χ2v) is 10.4. The number of morpholine rings is 1. The summed E-state index contributed by atoms with van der Waals surface area (Å²) in [5.74, 6) is -0.357. The molecule has 0 spiro atoms. The Bertz CT molecular complexity index is 911. The Morgan fingerprint density at radius 1 is 1.27 bits per heavy atom. The summed E-state index contributed by atoms with van der Waals surface area (Å²) in [5.41, 5.74) is 0.247. The van der Waals surface area contributed by atoms with Crippen LogP contribution in [0.15, 0.2) is 39.0 Å². The van der Waals surface area contributed by atoms with Gasteiger partial charge in [0.15, 0.2) is 0 Å². The Labute approximate surface area is 169 Å². The number of rotatable bonds is 5. The first-order valence-corrected chi connectivity index (χ1v) is 11.2. The fourth-order valence-electron chi connectivity index (χ4n) is 2.48. The van der Waals surface area contributed by atoms with E-state index in [2.05, 4.69) is 21.2 Å². The van der Waals surface area contributed by atoms with Gasteiger partial charge in [-0.1, -0.05) is 11.6 Å². The van der Waals surface area contributed by atoms with Gasteiger partial charge in [-0.05, 0) is 46.3 Å². The van der Waals surface area contributed by atoms with Crippen molar-refractivity contribution in [2.45, 2.75) is 11.4 Å². The van der Waals surface area contributed by atoms with E-state index in [1.165, 1.54) is 33.8 Å². The van der Waals surface area contributed by atoms with Crippen LogP contribution in [0.1, 0.15) is 15.2 Å². The molecule has 3 rings (SSSR count). The monoisotopic (exact) mass is 478 g/mol. The number of halogens is 2. The quantitative estimate of drug-likeness (QED) is 0.715. The third-order valence-electron chi connectivity index (χ3n) is 3.83. The molecule has 1 saturated heterocycles. The van der Waals surface area contributed by atoms with E-state index in [1.807, 2.05) is 12.1 Å². The van der Waals surface area contributed by atoms with Crippen LogP contribution in [0.5, 0.6) is 0 Å². The Balaban J connectivity index is 1.79. The van der Waals surface area contributed by atoms with Crippen LogP contribution in [0, 0.1) is 0 Å². The van der Waals surface area contributed by atoms with Crippen molar-refractivity contribution >= 4 is 54.8 Å². The summed E-state index contributed by atoms with van der Waals surface area (Å²) < 4.78 is 33.1. The van der Waals surface area contributed by atoms with E-state index < -0.39 is 10.0 Å². The molecule has 0 unspecified atom stereocenters. The molecule has 6 nitrogen and oxygen atoms in total. The largest absolute Gasteiger partial charge is 0.379 e. The fourth-order valence-corrected chi connectivity index (χ4v) is 5.82. The van der Waals surface area contributed by atoms with E-state index in [1.54, 1.807) is 0 Å². The molecule has 0 bridgehead atoms. The van der Waals surface area contributed by atoms with Crippen molar-refractivity contribution in [1.29, 1.82) is 0 Å². The maximum Gasteiger partial charge on any atom is 0.251 e. The number of nitrogens with zero attached hydrogens (tertiary/aromatic N) is 1. The molecule has 0 saturated carbocycles. The lowest BCUT2D eigenvalue weighted by atomic mass is 10.2. The molecule has 2 heterocycles. The molecule has 1 aliphatic heterocycles. The highest BCUT2D eigenvalue weighted by atomic mass is 79.9. The maximum absolute atomic E-state index is 12.8. The summed E-state index contributed by atoms with van der Waals surface area (Å²) in [6.45, 7) is 1.58. The van der Waals surface area contributed by atoms with Gasteiger partial charge in [0.25, 0.3) is 5.91 Å². The second-order valence-electron chi connectivity index (χ2n) is 5.55. The van der Waals surface area contributed by atoms with Crippen LogP contribution >= 0.6 is 38.9 Å². The topological polar surface area (TPSA) is 75.7 Å². The molecule has 0 radical (unpaired) electrons. The van der Waals surface area contributed by atoms with E-state index in [0.29, 0.717) is 19.8 Å². The molecule has 26 heavy (non-hydrogen) atoms. The molecular weight excluding hydrogens is 464 g/mol. The zero-order valence-corrected chi connectivity index (χ0v) is 17.5. The van der Waals surface area contributed by atoms with Crippen molar-refractivity contribution in [2.75, 3.05) is 26.3 Å². The summed E-state index contributed by atoms with van der Waals surface area (Å²) in [4.78, 5) is 13.3. The Hall–Kier alpha value is -0.970. The zero-order valence-electron chi connectivity index (χ0n) is 13.6. The summed E-state index contributed by atoms with van der Waals surface area (Å²) in [7, 11) is -3.78. The minimum Gasteiger partial charge on any atom is -0.379 e. The Kier molecular flexibility index (Phi) is 6.37. The number of ether oxygens (including phenoxy) is 1. The van der Waals surface area contributed by atoms with E-state index >= 15 is 0 Å². The number of hydrogen-bond acceptors (Lipinski definition) is 5. The molecular formula is C16H16BrClN2O4S2. The standard InChI is InChI=1S/C16H16BrClN2O4S2/c17-15-4-2-12(25-15)10-19-16(21)11-1-3-13(18)14(9-11)26(22,23)20-5-7-24-8-6-20/h1-4,9H,5-8,10H2,(H,19,21). The van der Waals surface area contributed by atoms with Crippen molar-refractivity contribution in [1.82, 2.24) is 9.62 Å². The van der Waals surface area contributed by atoms with Crippen LogP contribution in [0.4, 0.5) is 0 Å². The molecule has 1 N–H and O–H groups in total. The number of nitrogens with one attached hydrogen (secondary N) is 1. The summed E-state index contributed by atoms with van der Waals surface area (Å²) in [6, 6.07) is 8.09. The number of amides is 1. The summed E-state index contributed by atoms with van der Waals surface area (Å²) >= 11 is 11.0. The molecule has 140 valence electrons. The highest BCUT2D eigenvalue weighted by Crippen LogP contribution is 2.27. The SMILES string of the molecule is O=C(NCc1ccc(Br)s1)c1ccc(Cl)c(S(=O)(=O)N2CCOCC2)c1. The van der Waals surface area contributed by atoms with E-state index in [9.17, 15) is 13.2 Å². The lowest BCUT2D eigenvalue weighted by molar-refractivity contribution is 0.0730. The first kappa shape index (κ1) is 19.8. The van der Waals surface area contributed by atoms with Crippen LogP contribution in [0.3, 0.4) is 0 Å². The van der Waals surface area contributed by atoms with Crippen LogP contribution < -0.4 is 5.32 Å². The minimum atomic E-state index is -3.78. The lowest BCUT2D eigenvalue weighted by Gasteiger charge is -2.26. The van der Waals surface area contributed by atoms with Gasteiger partial charge in [0.05, 0.1) is 28.6 Å². The molecule has 2 aromatic rings. The fraction of sp³-hybridized carbons (Fsp3) is 0.312. The van der Waals surface area contributed by atoms with Crippen molar-refractivity contribution in [3.8, 4) is 0 Å². The molecule has 10 heteroatoms. The predicted octanol–water partition coefficient (Wildman–Crippen LogP) is 3.11. The van der Waals surface area contributed by atoms with Gasteiger partial charge < -0.3 is 10.1 Å². The average molecular weight is 480 g/mol. The number of carbonyl (C=O) groups is 1. The molecule has 0 aliphatic carbocycles. The summed E-state index contributed by atoms with van der Waals surface area (Å²) in [6.07, 6.45) is 0. The molecule has 1 fully saturated rings. The van der Waals surface area contributed by atoms with Crippen molar-refractivity contribution < 1.29 is 17.9 Å². The molecule has 1 aliphatic rings. The molecule has 1 amide bonds. The summed E-state index contributed by atoms with van der Waals surface area (Å²) in [5, 5.41) is 2.88. The number of thiophene rings is 1. The molecule has 0 atom stereocenters. The van der Waals surface area contributed by atoms with Crippen LogP contribution in [-0.4, -0.2) is 44.9 Å². The number of hydrogen-bond donors (Lipinski definition) is 1. The van der Waals surface area contributed by atoms with Gasteiger partial charge >= 0.3 is 0 Å². The van der Waals surface area contributed by atoms with Gasteiger partial charge in [-0.2, -0.15) is 4.31 Å². The van der Waals surface area contributed by atoms with Gasteiger partial charge in [-0.3, -0.25) is 4.79 Å².